The van der Waals surface area contributed by atoms with Gasteiger partial charge in [-0.15, -0.1) is 0 Å². The summed E-state index contributed by atoms with van der Waals surface area (Å²) in [4.78, 5) is 0. The second-order valence-electron chi connectivity index (χ2n) is 2.46. The molecule has 0 fully saturated rings. The van der Waals surface area contributed by atoms with Gasteiger partial charge >= 0.3 is 74.2 Å². The third kappa shape index (κ3) is 9.05. The minimum absolute atomic E-state index is 0.153. The van der Waals surface area contributed by atoms with E-state index in [-0.39, 0.29) is 27.7 Å². The Morgan fingerprint density at radius 1 is 0.889 bits per heavy atom. The number of rotatable bonds is 6. The van der Waals surface area contributed by atoms with E-state index in [1.54, 1.807) is 6.91 Å². The Bertz CT molecular complexity index is 37.8. The van der Waals surface area contributed by atoms with Gasteiger partial charge in [0.25, 0.3) is 0 Å². The van der Waals surface area contributed by atoms with Crippen LogP contribution in [0.1, 0.15) is 39.5 Å². The predicted molar refractivity (Wildman–Crippen MR) is 39.4 cm³/mol. The first kappa shape index (κ1) is 10.1. The first-order chi connectivity index (χ1) is 4.41. The Morgan fingerprint density at radius 2 is 1.33 bits per heavy atom. The normalized spacial score (nSPS) is 9.11. The van der Waals surface area contributed by atoms with Crippen molar-refractivity contribution in [2.75, 3.05) is 0 Å². The first-order valence-electron chi connectivity index (χ1n) is 4.12. The molecule has 0 rings (SSSR count). The number of unbranched alkanes of at least 4 members (excludes halogenated alkanes) is 2. The SMILES string of the molecule is CCC[CH2][U][CH2]CCC. The molecule has 0 atom stereocenters. The van der Waals surface area contributed by atoms with Crippen LogP contribution in [0.3, 0.4) is 0 Å². The molecule has 0 radical (unpaired) electrons. The van der Waals surface area contributed by atoms with Crippen LogP contribution in [-0.4, -0.2) is 0 Å². The third-order valence-corrected chi connectivity index (χ3v) is 7.30. The van der Waals surface area contributed by atoms with Crippen LogP contribution >= 0.6 is 0 Å². The quantitative estimate of drug-likeness (QED) is 0.642. The monoisotopic (exact) mass is 352 g/mol. The van der Waals surface area contributed by atoms with Crippen molar-refractivity contribution in [2.45, 2.75) is 46.4 Å². The zero-order chi connectivity index (χ0) is 6.95. The molecule has 9 heavy (non-hydrogen) atoms. The van der Waals surface area contributed by atoms with Crippen molar-refractivity contribution in [1.29, 1.82) is 0 Å². The maximum absolute atomic E-state index is 2.30. The summed E-state index contributed by atoms with van der Waals surface area (Å²) in [5.41, 5.74) is 0. The predicted octanol–water partition coefficient (Wildman–Crippen LogP) is 3.51. The fourth-order valence-corrected chi connectivity index (χ4v) is 6.80. The summed E-state index contributed by atoms with van der Waals surface area (Å²) in [6.45, 7) is 4.59. The average molecular weight is 352 g/mol. The molecule has 0 saturated carbocycles. The van der Waals surface area contributed by atoms with Crippen molar-refractivity contribution in [3.05, 3.63) is 0 Å². The van der Waals surface area contributed by atoms with Crippen molar-refractivity contribution in [3.63, 3.8) is 0 Å². The molecular formula is C8H18U. The summed E-state index contributed by atoms with van der Waals surface area (Å²) in [6.07, 6.45) is 5.89. The van der Waals surface area contributed by atoms with Crippen LogP contribution in [0.4, 0.5) is 0 Å². The van der Waals surface area contributed by atoms with Gasteiger partial charge in [-0.2, -0.15) is 0 Å². The zero-order valence-electron chi connectivity index (χ0n) is 6.74. The fraction of sp³-hybridized carbons (Fsp3) is 1.00. The molecule has 0 aliphatic rings. The molecule has 0 aromatic carbocycles. The molecular weight excluding hydrogens is 334 g/mol. The van der Waals surface area contributed by atoms with E-state index in [9.17, 15) is 0 Å². The van der Waals surface area contributed by atoms with E-state index < -0.39 is 0 Å². The average Bonchev–Trinajstić information content (AvgIpc) is 1.89. The van der Waals surface area contributed by atoms with Gasteiger partial charge in [-0.3, -0.25) is 0 Å². The molecule has 0 aliphatic heterocycles. The van der Waals surface area contributed by atoms with Crippen LogP contribution < -0.4 is 0 Å². The minimum atomic E-state index is -0.153. The van der Waals surface area contributed by atoms with E-state index in [0.717, 1.165) is 0 Å². The summed E-state index contributed by atoms with van der Waals surface area (Å²) >= 11 is -0.153. The molecule has 0 spiro atoms. The summed E-state index contributed by atoms with van der Waals surface area (Å²) in [6, 6.07) is 0. The summed E-state index contributed by atoms with van der Waals surface area (Å²) in [5.74, 6) is 0. The van der Waals surface area contributed by atoms with Gasteiger partial charge in [0, 0.05) is 0 Å². The van der Waals surface area contributed by atoms with Crippen molar-refractivity contribution in [1.82, 2.24) is 0 Å². The van der Waals surface area contributed by atoms with Gasteiger partial charge in [0.05, 0.1) is 0 Å². The Balaban J connectivity index is 2.60. The standard InChI is InChI=1S/2C4H9.U/c2*1-3-4-2;/h2*1,3-4H2,2H3;. The molecule has 0 unspecified atom stereocenters. The molecule has 0 amide bonds. The summed E-state index contributed by atoms with van der Waals surface area (Å²) in [5, 5.41) is 0. The van der Waals surface area contributed by atoms with Crippen LogP contribution in [0, 0.1) is 27.7 Å². The van der Waals surface area contributed by atoms with E-state index in [0.29, 0.717) is 0 Å². The van der Waals surface area contributed by atoms with Gasteiger partial charge in [0.2, 0.25) is 0 Å². The van der Waals surface area contributed by atoms with E-state index >= 15 is 0 Å². The molecule has 0 nitrogen and oxygen atoms in total. The maximum atomic E-state index is 2.30. The second-order valence-corrected chi connectivity index (χ2v) is 8.70. The molecule has 0 N–H and O–H groups in total. The van der Waals surface area contributed by atoms with E-state index in [1.807, 2.05) is 0 Å². The van der Waals surface area contributed by atoms with Crippen LogP contribution in [0.2, 0.25) is 6.91 Å². The van der Waals surface area contributed by atoms with Crippen LogP contribution in [0.5, 0.6) is 0 Å². The molecule has 1 heteroatoms. The van der Waals surface area contributed by atoms with Gasteiger partial charge in [-0.1, -0.05) is 0 Å². The van der Waals surface area contributed by atoms with Crippen molar-refractivity contribution in [2.24, 2.45) is 0 Å². The van der Waals surface area contributed by atoms with Gasteiger partial charge < -0.3 is 0 Å². The van der Waals surface area contributed by atoms with Crippen LogP contribution in [0.15, 0.2) is 0 Å². The molecule has 54 valence electrons. The topological polar surface area (TPSA) is 0 Å². The van der Waals surface area contributed by atoms with Gasteiger partial charge in [-0.05, 0) is 0 Å². The molecule has 0 bridgehead atoms. The van der Waals surface area contributed by atoms with E-state index in [4.69, 9.17) is 0 Å². The zero-order valence-corrected chi connectivity index (χ0v) is 10.9. The van der Waals surface area contributed by atoms with Crippen molar-refractivity contribution in [3.8, 4) is 0 Å². The Labute approximate surface area is 73.9 Å². The third-order valence-electron chi connectivity index (χ3n) is 1.41. The van der Waals surface area contributed by atoms with E-state index in [1.165, 1.54) is 25.7 Å². The Morgan fingerprint density at radius 3 is 1.67 bits per heavy atom. The summed E-state index contributed by atoms with van der Waals surface area (Å²) < 4.78 is 3.33. The Kier molecular flexibility index (Phi) is 10.1. The van der Waals surface area contributed by atoms with Gasteiger partial charge in [-0.25, -0.2) is 0 Å². The van der Waals surface area contributed by atoms with Crippen molar-refractivity contribution < 1.29 is 27.7 Å². The van der Waals surface area contributed by atoms with Crippen molar-refractivity contribution >= 4 is 0 Å². The molecule has 0 saturated heterocycles. The number of hydrogen-bond donors (Lipinski definition) is 0. The fourth-order valence-electron chi connectivity index (χ4n) is 0.729. The first-order valence-corrected chi connectivity index (χ1v) is 10.0. The number of hydrogen-bond acceptors (Lipinski definition) is 0. The summed E-state index contributed by atoms with van der Waals surface area (Å²) in [7, 11) is 0. The molecule has 0 aliphatic carbocycles. The van der Waals surface area contributed by atoms with E-state index in [2.05, 4.69) is 13.8 Å². The molecule has 0 heterocycles. The molecule has 0 aromatic rings. The molecule has 0 aromatic heterocycles. The Hall–Kier alpha value is 1.05. The van der Waals surface area contributed by atoms with Gasteiger partial charge in [0.1, 0.15) is 0 Å². The second kappa shape index (κ2) is 9.05. The van der Waals surface area contributed by atoms with Crippen LogP contribution in [-0.2, 0) is 0 Å². The van der Waals surface area contributed by atoms with Crippen LogP contribution in [0.25, 0.3) is 0 Å². The van der Waals surface area contributed by atoms with Gasteiger partial charge in [0.15, 0.2) is 0 Å².